The number of β-amino-alcohol motifs (C(OH)–C–C–N with tert-alkyl or cyclic N) is 1. The van der Waals surface area contributed by atoms with Crippen LogP contribution in [0.3, 0.4) is 0 Å². The number of hydrogen-bond acceptors (Lipinski definition) is 7. The second-order valence-electron chi connectivity index (χ2n) is 6.03. The summed E-state index contributed by atoms with van der Waals surface area (Å²) in [5.41, 5.74) is 0.861. The maximum atomic E-state index is 10.5. The molecule has 3 rings (SSSR count). The summed E-state index contributed by atoms with van der Waals surface area (Å²) < 4.78 is 11.0. The van der Waals surface area contributed by atoms with Crippen molar-refractivity contribution in [2.45, 2.75) is 12.2 Å². The van der Waals surface area contributed by atoms with Gasteiger partial charge in [0, 0.05) is 32.4 Å². The average Bonchev–Trinajstić information content (AvgIpc) is 2.67. The molecule has 0 bridgehead atoms. The average molecular weight is 344 g/mol. The Morgan fingerprint density at radius 1 is 1.40 bits per heavy atom. The van der Waals surface area contributed by atoms with Gasteiger partial charge in [-0.25, -0.2) is 0 Å². The molecular formula is C18H24N4O3. The Kier molecular flexibility index (Phi) is 6.16. The van der Waals surface area contributed by atoms with Crippen molar-refractivity contribution >= 4 is 5.82 Å². The number of hydrogen-bond donors (Lipinski definition) is 2. The zero-order chi connectivity index (χ0) is 17.5. The van der Waals surface area contributed by atoms with Gasteiger partial charge in [0.25, 0.3) is 0 Å². The van der Waals surface area contributed by atoms with E-state index in [0.717, 1.165) is 30.2 Å². The summed E-state index contributed by atoms with van der Waals surface area (Å²) in [7, 11) is 1.63. The summed E-state index contributed by atoms with van der Waals surface area (Å²) in [6.07, 6.45) is 1.14. The zero-order valence-electron chi connectivity index (χ0n) is 14.3. The van der Waals surface area contributed by atoms with Crippen LogP contribution in [0.25, 0.3) is 0 Å². The van der Waals surface area contributed by atoms with Crippen LogP contribution in [-0.4, -0.2) is 66.2 Å². The first-order chi connectivity index (χ1) is 12.2. The fraction of sp³-hybridized carbons (Fsp3) is 0.444. The molecule has 0 saturated carbocycles. The van der Waals surface area contributed by atoms with Crippen LogP contribution in [0.5, 0.6) is 5.75 Å². The van der Waals surface area contributed by atoms with Crippen LogP contribution in [0.4, 0.5) is 5.82 Å². The molecule has 1 aromatic carbocycles. The number of aliphatic hydroxyl groups is 1. The number of aliphatic hydroxyl groups excluding tert-OH is 1. The van der Waals surface area contributed by atoms with Gasteiger partial charge in [0.05, 0.1) is 25.9 Å². The second-order valence-corrected chi connectivity index (χ2v) is 6.03. The Bertz CT molecular complexity index is 656. The van der Waals surface area contributed by atoms with Crippen molar-refractivity contribution in [1.29, 1.82) is 0 Å². The van der Waals surface area contributed by atoms with Crippen molar-refractivity contribution in [3.8, 4) is 5.75 Å². The van der Waals surface area contributed by atoms with Crippen LogP contribution in [0.1, 0.15) is 11.7 Å². The molecule has 134 valence electrons. The maximum Gasteiger partial charge on any atom is 0.148 e. The highest BCUT2D eigenvalue weighted by Crippen LogP contribution is 2.20. The molecule has 2 heterocycles. The second kappa shape index (κ2) is 8.75. The molecule has 1 aromatic heterocycles. The monoisotopic (exact) mass is 344 g/mol. The number of anilines is 1. The first kappa shape index (κ1) is 17.6. The summed E-state index contributed by atoms with van der Waals surface area (Å²) in [6, 6.07) is 11.3. The van der Waals surface area contributed by atoms with Crippen LogP contribution in [-0.2, 0) is 4.74 Å². The zero-order valence-corrected chi connectivity index (χ0v) is 14.3. The van der Waals surface area contributed by atoms with Crippen LogP contribution in [0.15, 0.2) is 42.6 Å². The molecule has 1 saturated heterocycles. The molecule has 0 amide bonds. The van der Waals surface area contributed by atoms with Gasteiger partial charge in [0.1, 0.15) is 11.6 Å². The predicted molar refractivity (Wildman–Crippen MR) is 94.7 cm³/mol. The lowest BCUT2D eigenvalue weighted by Gasteiger charge is -2.34. The number of morpholine rings is 1. The lowest BCUT2D eigenvalue weighted by molar-refractivity contribution is -0.0344. The number of benzene rings is 1. The van der Waals surface area contributed by atoms with Crippen molar-refractivity contribution in [1.82, 2.24) is 15.1 Å². The maximum absolute atomic E-state index is 10.5. The molecule has 7 heteroatoms. The molecular weight excluding hydrogens is 320 g/mol. The van der Waals surface area contributed by atoms with Crippen molar-refractivity contribution in [2.24, 2.45) is 0 Å². The topological polar surface area (TPSA) is 79.7 Å². The van der Waals surface area contributed by atoms with Crippen LogP contribution < -0.4 is 10.1 Å². The normalized spacial score (nSPS) is 19.4. The van der Waals surface area contributed by atoms with E-state index in [2.05, 4.69) is 20.4 Å². The van der Waals surface area contributed by atoms with Crippen molar-refractivity contribution < 1.29 is 14.6 Å². The largest absolute Gasteiger partial charge is 0.497 e. The van der Waals surface area contributed by atoms with E-state index in [0.29, 0.717) is 19.7 Å². The summed E-state index contributed by atoms with van der Waals surface area (Å²) in [6.45, 7) is 3.44. The van der Waals surface area contributed by atoms with Crippen LogP contribution >= 0.6 is 0 Å². The van der Waals surface area contributed by atoms with E-state index in [1.165, 1.54) is 0 Å². The fourth-order valence-electron chi connectivity index (χ4n) is 2.88. The third-order valence-electron chi connectivity index (χ3n) is 4.22. The summed E-state index contributed by atoms with van der Waals surface area (Å²) >= 11 is 0. The molecule has 1 fully saturated rings. The van der Waals surface area contributed by atoms with Gasteiger partial charge in [-0.2, -0.15) is 5.10 Å². The summed E-state index contributed by atoms with van der Waals surface area (Å²) in [4.78, 5) is 2.22. The summed E-state index contributed by atoms with van der Waals surface area (Å²) in [5.74, 6) is 1.49. The number of ether oxygens (including phenoxy) is 2. The van der Waals surface area contributed by atoms with E-state index >= 15 is 0 Å². The van der Waals surface area contributed by atoms with Crippen molar-refractivity contribution in [3.05, 3.63) is 48.2 Å². The van der Waals surface area contributed by atoms with Gasteiger partial charge in [0.2, 0.25) is 0 Å². The third kappa shape index (κ3) is 5.12. The molecule has 0 radical (unpaired) electrons. The highest BCUT2D eigenvalue weighted by molar-refractivity contribution is 5.31. The van der Waals surface area contributed by atoms with E-state index in [1.807, 2.05) is 36.4 Å². The number of aromatic nitrogens is 2. The SMILES string of the molecule is COc1cccc([C@H](O)CN2CCO[C@@H](CNc3cccnn3)C2)c1. The molecule has 7 nitrogen and oxygen atoms in total. The van der Waals surface area contributed by atoms with E-state index in [1.54, 1.807) is 13.3 Å². The van der Waals surface area contributed by atoms with E-state index in [-0.39, 0.29) is 6.10 Å². The van der Waals surface area contributed by atoms with Gasteiger partial charge >= 0.3 is 0 Å². The van der Waals surface area contributed by atoms with E-state index < -0.39 is 6.10 Å². The number of methoxy groups -OCH3 is 1. The molecule has 0 aliphatic carbocycles. The summed E-state index contributed by atoms with van der Waals surface area (Å²) in [5, 5.41) is 21.6. The standard InChI is InChI=1S/C18H24N4O3/c1-24-15-5-2-4-14(10-15)17(23)13-22-8-9-25-16(12-22)11-19-18-6-3-7-20-21-18/h2-7,10,16-17,23H,8-9,11-13H2,1H3,(H,19,21)/t16-,17+/m0/s1. The molecule has 2 aromatic rings. The Balaban J connectivity index is 1.50. The smallest absolute Gasteiger partial charge is 0.148 e. The molecule has 1 aliphatic rings. The highest BCUT2D eigenvalue weighted by Gasteiger charge is 2.23. The van der Waals surface area contributed by atoms with Gasteiger partial charge in [0.15, 0.2) is 0 Å². The minimum atomic E-state index is -0.554. The van der Waals surface area contributed by atoms with Gasteiger partial charge in [-0.05, 0) is 29.8 Å². The van der Waals surface area contributed by atoms with Gasteiger partial charge in [-0.1, -0.05) is 12.1 Å². The first-order valence-corrected chi connectivity index (χ1v) is 8.42. The number of rotatable bonds is 7. The Hall–Kier alpha value is -2.22. The molecule has 2 atom stereocenters. The van der Waals surface area contributed by atoms with Crippen molar-refractivity contribution in [3.63, 3.8) is 0 Å². The molecule has 0 spiro atoms. The minimum absolute atomic E-state index is 0.0493. The molecule has 0 unspecified atom stereocenters. The number of nitrogens with one attached hydrogen (secondary N) is 1. The van der Waals surface area contributed by atoms with Crippen LogP contribution in [0.2, 0.25) is 0 Å². The first-order valence-electron chi connectivity index (χ1n) is 8.42. The van der Waals surface area contributed by atoms with Crippen molar-refractivity contribution in [2.75, 3.05) is 45.2 Å². The lowest BCUT2D eigenvalue weighted by atomic mass is 10.1. The molecule has 25 heavy (non-hydrogen) atoms. The Morgan fingerprint density at radius 3 is 3.12 bits per heavy atom. The van der Waals surface area contributed by atoms with Gasteiger partial charge in [-0.15, -0.1) is 5.10 Å². The third-order valence-corrected chi connectivity index (χ3v) is 4.22. The lowest BCUT2D eigenvalue weighted by Crippen LogP contribution is -2.46. The van der Waals surface area contributed by atoms with E-state index in [4.69, 9.17) is 9.47 Å². The fourth-order valence-corrected chi connectivity index (χ4v) is 2.88. The minimum Gasteiger partial charge on any atom is -0.497 e. The highest BCUT2D eigenvalue weighted by atomic mass is 16.5. The quantitative estimate of drug-likeness (QED) is 0.784. The predicted octanol–water partition coefficient (Wildman–Crippen LogP) is 1.33. The van der Waals surface area contributed by atoms with Crippen LogP contribution in [0, 0.1) is 0 Å². The van der Waals surface area contributed by atoms with E-state index in [9.17, 15) is 5.11 Å². The molecule has 1 aliphatic heterocycles. The van der Waals surface area contributed by atoms with Gasteiger partial charge in [-0.3, -0.25) is 4.90 Å². The Labute approximate surface area is 147 Å². The Morgan fingerprint density at radius 2 is 2.32 bits per heavy atom. The number of nitrogens with zero attached hydrogens (tertiary/aromatic N) is 3. The molecule has 2 N–H and O–H groups in total. The van der Waals surface area contributed by atoms with Gasteiger partial charge < -0.3 is 19.9 Å².